The van der Waals surface area contributed by atoms with Crippen molar-refractivity contribution in [3.05, 3.63) is 0 Å². The Morgan fingerprint density at radius 2 is 1.92 bits per heavy atom. The SMILES string of the molecule is CCCS(=O)CCC(=O)O.N#N. The normalized spacial score (nSPS) is 10.9. The van der Waals surface area contributed by atoms with E-state index in [2.05, 4.69) is 0 Å². The zero-order chi connectivity index (χ0) is 9.98. The topological polar surface area (TPSA) is 102 Å². The van der Waals surface area contributed by atoms with E-state index in [4.69, 9.17) is 15.9 Å². The van der Waals surface area contributed by atoms with E-state index in [0.717, 1.165) is 6.42 Å². The van der Waals surface area contributed by atoms with Gasteiger partial charge in [0.2, 0.25) is 0 Å². The van der Waals surface area contributed by atoms with E-state index in [0.29, 0.717) is 11.5 Å². The summed E-state index contributed by atoms with van der Waals surface area (Å²) in [4.78, 5) is 9.97. The van der Waals surface area contributed by atoms with Crippen molar-refractivity contribution in [2.75, 3.05) is 11.5 Å². The van der Waals surface area contributed by atoms with Gasteiger partial charge in [-0.3, -0.25) is 9.00 Å². The lowest BCUT2D eigenvalue weighted by Gasteiger charge is -1.94. The molecule has 5 nitrogen and oxygen atoms in total. The van der Waals surface area contributed by atoms with Crippen LogP contribution in [0, 0.1) is 10.8 Å². The Labute approximate surface area is 73.7 Å². The highest BCUT2D eigenvalue weighted by Crippen LogP contribution is 1.90. The summed E-state index contributed by atoms with van der Waals surface area (Å²) in [5.74, 6) is 0.0423. The fourth-order valence-electron chi connectivity index (χ4n) is 0.531. The van der Waals surface area contributed by atoms with Crippen LogP contribution in [0.4, 0.5) is 0 Å². The molecule has 0 bridgehead atoms. The molecule has 0 amide bonds. The number of hydrogen-bond donors (Lipinski definition) is 1. The van der Waals surface area contributed by atoms with Crippen LogP contribution in [-0.2, 0) is 15.6 Å². The van der Waals surface area contributed by atoms with Crippen molar-refractivity contribution in [1.29, 1.82) is 10.8 Å². The summed E-state index contributed by atoms with van der Waals surface area (Å²) in [7, 11) is -0.921. The van der Waals surface area contributed by atoms with Crippen molar-refractivity contribution in [2.45, 2.75) is 19.8 Å². The molecule has 0 saturated heterocycles. The molecule has 0 spiro atoms. The maximum Gasteiger partial charge on any atom is 0.304 e. The first-order valence-electron chi connectivity index (χ1n) is 3.43. The highest BCUT2D eigenvalue weighted by atomic mass is 32.2. The average Bonchev–Trinajstić information content (AvgIpc) is 2.05. The van der Waals surface area contributed by atoms with E-state index in [1.165, 1.54) is 0 Å². The van der Waals surface area contributed by atoms with Gasteiger partial charge in [0.1, 0.15) is 0 Å². The fraction of sp³-hybridized carbons (Fsp3) is 0.833. The third-order valence-corrected chi connectivity index (χ3v) is 2.50. The Kier molecular flexibility index (Phi) is 11.4. The molecule has 0 aliphatic rings. The maximum absolute atomic E-state index is 10.8. The minimum Gasteiger partial charge on any atom is -0.481 e. The first-order valence-corrected chi connectivity index (χ1v) is 4.92. The van der Waals surface area contributed by atoms with Crippen molar-refractivity contribution in [3.63, 3.8) is 0 Å². The van der Waals surface area contributed by atoms with Gasteiger partial charge in [-0.05, 0) is 6.42 Å². The molecule has 0 aliphatic carbocycles. The van der Waals surface area contributed by atoms with Crippen molar-refractivity contribution in [1.82, 2.24) is 0 Å². The predicted octanol–water partition coefficient (Wildman–Crippen LogP) is 0.650. The van der Waals surface area contributed by atoms with Crippen molar-refractivity contribution >= 4 is 16.8 Å². The van der Waals surface area contributed by atoms with E-state index < -0.39 is 16.8 Å². The second-order valence-corrected chi connectivity index (χ2v) is 3.69. The lowest BCUT2D eigenvalue weighted by molar-refractivity contribution is -0.136. The maximum atomic E-state index is 10.8. The van der Waals surface area contributed by atoms with E-state index in [-0.39, 0.29) is 6.42 Å². The monoisotopic (exact) mass is 192 g/mol. The van der Waals surface area contributed by atoms with Gasteiger partial charge in [0.15, 0.2) is 0 Å². The number of carbonyl (C=O) groups is 1. The molecule has 0 rings (SSSR count). The van der Waals surface area contributed by atoms with Crippen LogP contribution in [0.5, 0.6) is 0 Å². The number of aliphatic carboxylic acids is 1. The molecule has 0 aromatic carbocycles. The van der Waals surface area contributed by atoms with Crippen LogP contribution >= 0.6 is 0 Å². The summed E-state index contributed by atoms with van der Waals surface area (Å²) < 4.78 is 10.8. The van der Waals surface area contributed by atoms with Crippen LogP contribution in [0.15, 0.2) is 0 Å². The van der Waals surface area contributed by atoms with Crippen molar-refractivity contribution in [3.8, 4) is 0 Å². The second-order valence-electron chi connectivity index (χ2n) is 1.99. The summed E-state index contributed by atoms with van der Waals surface area (Å²) in [6, 6.07) is 0. The van der Waals surface area contributed by atoms with E-state index in [1.807, 2.05) is 6.92 Å². The summed E-state index contributed by atoms with van der Waals surface area (Å²) in [5, 5.41) is 20.2. The van der Waals surface area contributed by atoms with Crippen LogP contribution in [0.25, 0.3) is 0 Å². The molecule has 1 N–H and O–H groups in total. The zero-order valence-electron chi connectivity index (χ0n) is 6.89. The van der Waals surface area contributed by atoms with Crippen LogP contribution < -0.4 is 0 Å². The summed E-state index contributed by atoms with van der Waals surface area (Å²) in [6.45, 7) is 1.93. The number of hydrogen-bond acceptors (Lipinski definition) is 4. The summed E-state index contributed by atoms with van der Waals surface area (Å²) in [6.07, 6.45) is 0.874. The van der Waals surface area contributed by atoms with E-state index in [1.54, 1.807) is 0 Å². The van der Waals surface area contributed by atoms with Gasteiger partial charge in [0, 0.05) is 33.1 Å². The predicted molar refractivity (Wildman–Crippen MR) is 43.9 cm³/mol. The van der Waals surface area contributed by atoms with Crippen LogP contribution in [0.1, 0.15) is 19.8 Å². The lowest BCUT2D eigenvalue weighted by Crippen LogP contribution is -2.06. The summed E-state index contributed by atoms with van der Waals surface area (Å²) >= 11 is 0. The molecule has 0 saturated carbocycles. The third-order valence-electron chi connectivity index (χ3n) is 0.975. The van der Waals surface area contributed by atoms with Gasteiger partial charge in [-0.1, -0.05) is 6.92 Å². The molecule has 0 aromatic rings. The number of carboxylic acid groups (broad SMARTS) is 1. The molecule has 70 valence electrons. The van der Waals surface area contributed by atoms with Gasteiger partial charge in [-0.2, -0.15) is 0 Å². The van der Waals surface area contributed by atoms with Crippen molar-refractivity contribution in [2.24, 2.45) is 0 Å². The average molecular weight is 192 g/mol. The van der Waals surface area contributed by atoms with Gasteiger partial charge < -0.3 is 5.11 Å². The largest absolute Gasteiger partial charge is 0.481 e. The number of nitrogens with zero attached hydrogens (tertiary/aromatic N) is 2. The molecule has 1 unspecified atom stereocenters. The van der Waals surface area contributed by atoms with Gasteiger partial charge in [-0.15, -0.1) is 0 Å². The van der Waals surface area contributed by atoms with E-state index >= 15 is 0 Å². The number of carboxylic acids is 1. The van der Waals surface area contributed by atoms with Gasteiger partial charge in [0.05, 0.1) is 6.42 Å². The van der Waals surface area contributed by atoms with E-state index in [9.17, 15) is 9.00 Å². The van der Waals surface area contributed by atoms with Crippen LogP contribution in [-0.4, -0.2) is 26.8 Å². The zero-order valence-corrected chi connectivity index (χ0v) is 7.71. The standard InChI is InChI=1S/C6H12O3S.N2/c1-2-4-10(9)5-3-6(7)8;1-2/h2-5H2,1H3,(H,7,8);. The molecule has 0 aromatic heterocycles. The number of rotatable bonds is 5. The molecule has 6 heteroatoms. The fourth-order valence-corrected chi connectivity index (χ4v) is 1.59. The molecule has 12 heavy (non-hydrogen) atoms. The molecule has 1 atom stereocenters. The third kappa shape index (κ3) is 11.8. The molecule has 0 aliphatic heterocycles. The highest BCUT2D eigenvalue weighted by molar-refractivity contribution is 7.84. The first kappa shape index (κ1) is 13.6. The van der Waals surface area contributed by atoms with Gasteiger partial charge >= 0.3 is 5.97 Å². The Morgan fingerprint density at radius 1 is 1.42 bits per heavy atom. The Bertz CT molecular complexity index is 169. The van der Waals surface area contributed by atoms with Crippen LogP contribution in [0.3, 0.4) is 0 Å². The smallest absolute Gasteiger partial charge is 0.304 e. The van der Waals surface area contributed by atoms with Crippen LogP contribution in [0.2, 0.25) is 0 Å². The Morgan fingerprint density at radius 3 is 2.25 bits per heavy atom. The minimum absolute atomic E-state index is 0.0204. The Balaban J connectivity index is 0. The molecule has 0 fully saturated rings. The Hall–Kier alpha value is -0.960. The quantitative estimate of drug-likeness (QED) is 0.644. The molecule has 0 heterocycles. The highest BCUT2D eigenvalue weighted by Gasteiger charge is 2.01. The first-order chi connectivity index (χ1) is 5.66. The lowest BCUT2D eigenvalue weighted by atomic mass is 10.5. The summed E-state index contributed by atoms with van der Waals surface area (Å²) in [5.41, 5.74) is 0. The van der Waals surface area contributed by atoms with Crippen molar-refractivity contribution < 1.29 is 14.1 Å². The minimum atomic E-state index is -0.921. The molecular formula is C6H12N2O3S. The van der Waals surface area contributed by atoms with Gasteiger partial charge in [-0.25, -0.2) is 0 Å². The second kappa shape index (κ2) is 10.0. The molecule has 0 radical (unpaired) electrons. The molecular weight excluding hydrogens is 180 g/mol. The van der Waals surface area contributed by atoms with Gasteiger partial charge in [0.25, 0.3) is 0 Å².